The molecule has 22 heavy (non-hydrogen) atoms. The van der Waals surface area contributed by atoms with E-state index in [0.29, 0.717) is 0 Å². The Balaban J connectivity index is 0.00000242. The van der Waals surface area contributed by atoms with E-state index in [-0.39, 0.29) is 40.2 Å². The second-order valence-corrected chi connectivity index (χ2v) is 8.40. The van der Waals surface area contributed by atoms with Gasteiger partial charge in [-0.3, -0.25) is 4.79 Å². The molecule has 1 aromatic heterocycles. The molecule has 0 radical (unpaired) electrons. The number of carbonyl (C=O) groups is 1. The molecule has 2 unspecified atom stereocenters. The number of nitrogens with zero attached hydrogens (tertiary/aromatic N) is 1. The molecule has 2 heterocycles. The van der Waals surface area contributed by atoms with Gasteiger partial charge in [-0.25, -0.2) is 12.7 Å². The first-order chi connectivity index (χ1) is 9.84. The minimum atomic E-state index is -3.60. The predicted molar refractivity (Wildman–Crippen MR) is 90.4 cm³/mol. The summed E-state index contributed by atoms with van der Waals surface area (Å²) < 4.78 is 25.6. The van der Waals surface area contributed by atoms with Crippen LogP contribution in [0.4, 0.5) is 0 Å². The Morgan fingerprint density at radius 2 is 2.14 bits per heavy atom. The van der Waals surface area contributed by atoms with E-state index < -0.39 is 10.0 Å². The van der Waals surface area contributed by atoms with Crippen molar-refractivity contribution in [1.29, 1.82) is 0 Å². The molecule has 0 saturated carbocycles. The number of hydrogen-bond donors (Lipinski definition) is 2. The normalized spacial score (nSPS) is 22.2. The summed E-state index contributed by atoms with van der Waals surface area (Å²) in [4.78, 5) is 12.7. The lowest BCUT2D eigenvalue weighted by atomic mass is 10.00. The molecule has 1 amide bonds. The Hall–Kier alpha value is -0.670. The summed E-state index contributed by atoms with van der Waals surface area (Å²) in [5, 5.41) is 7.89. The lowest BCUT2D eigenvalue weighted by molar-refractivity contribution is 0.0921. The Labute approximate surface area is 141 Å². The molecule has 1 aromatic rings. The minimum absolute atomic E-state index is 0. The largest absolute Gasteiger partial charge is 0.347 e. The third-order valence-corrected chi connectivity index (χ3v) is 6.57. The highest BCUT2D eigenvalue weighted by Gasteiger charge is 2.28. The summed E-state index contributed by atoms with van der Waals surface area (Å²) in [6.07, 6.45) is 1.91. The van der Waals surface area contributed by atoms with Crippen molar-refractivity contribution in [1.82, 2.24) is 14.9 Å². The molecule has 2 N–H and O–H groups in total. The lowest BCUT2D eigenvalue weighted by Gasteiger charge is -2.30. The Kier molecular flexibility index (Phi) is 6.82. The highest BCUT2D eigenvalue weighted by Crippen LogP contribution is 2.24. The molecule has 1 aliphatic heterocycles. The topological polar surface area (TPSA) is 78.5 Å². The summed E-state index contributed by atoms with van der Waals surface area (Å²) in [6, 6.07) is 1.71. The van der Waals surface area contributed by atoms with Crippen LogP contribution in [0, 0.1) is 0 Å². The molecular weight excluding hydrogens is 346 g/mol. The van der Waals surface area contributed by atoms with Gasteiger partial charge in [0, 0.05) is 26.2 Å². The van der Waals surface area contributed by atoms with Crippen LogP contribution in [0.1, 0.15) is 29.4 Å². The first-order valence-electron chi connectivity index (χ1n) is 6.88. The highest BCUT2D eigenvalue weighted by atomic mass is 35.5. The highest BCUT2D eigenvalue weighted by molar-refractivity contribution is 7.89. The quantitative estimate of drug-likeness (QED) is 0.840. The molecule has 1 fully saturated rings. The number of amides is 1. The molecule has 0 aromatic carbocycles. The zero-order valence-electron chi connectivity index (χ0n) is 12.8. The SMILES string of the molecule is CC1NCCCC1NC(=O)c1sccc1S(=O)(=O)N(C)C.Cl. The van der Waals surface area contributed by atoms with E-state index in [1.165, 1.54) is 20.2 Å². The van der Waals surface area contributed by atoms with Gasteiger partial charge in [-0.05, 0) is 37.8 Å². The van der Waals surface area contributed by atoms with Crippen molar-refractivity contribution < 1.29 is 13.2 Å². The molecule has 2 atom stereocenters. The van der Waals surface area contributed by atoms with Gasteiger partial charge in [0.2, 0.25) is 10.0 Å². The van der Waals surface area contributed by atoms with E-state index in [1.54, 1.807) is 5.38 Å². The Morgan fingerprint density at radius 1 is 1.45 bits per heavy atom. The van der Waals surface area contributed by atoms with Gasteiger partial charge in [-0.15, -0.1) is 23.7 Å². The number of rotatable bonds is 4. The third-order valence-electron chi connectivity index (χ3n) is 3.67. The van der Waals surface area contributed by atoms with Gasteiger partial charge >= 0.3 is 0 Å². The van der Waals surface area contributed by atoms with Crippen LogP contribution in [0.15, 0.2) is 16.3 Å². The molecule has 2 rings (SSSR count). The maximum atomic E-state index is 12.4. The second-order valence-electron chi connectivity index (χ2n) is 5.37. The average molecular weight is 368 g/mol. The summed E-state index contributed by atoms with van der Waals surface area (Å²) >= 11 is 1.15. The number of carbonyl (C=O) groups excluding carboxylic acids is 1. The molecule has 9 heteroatoms. The molecule has 6 nitrogen and oxygen atoms in total. The first-order valence-corrected chi connectivity index (χ1v) is 9.20. The van der Waals surface area contributed by atoms with Crippen molar-refractivity contribution in [2.75, 3.05) is 20.6 Å². The lowest BCUT2D eigenvalue weighted by Crippen LogP contribution is -2.51. The molecule has 0 spiro atoms. The van der Waals surface area contributed by atoms with Crippen molar-refractivity contribution in [3.05, 3.63) is 16.3 Å². The number of hydrogen-bond acceptors (Lipinski definition) is 5. The first kappa shape index (κ1) is 19.4. The summed E-state index contributed by atoms with van der Waals surface area (Å²) in [5.41, 5.74) is 0. The van der Waals surface area contributed by atoms with Gasteiger partial charge < -0.3 is 10.6 Å². The monoisotopic (exact) mass is 367 g/mol. The van der Waals surface area contributed by atoms with Crippen molar-refractivity contribution in [3.8, 4) is 0 Å². The van der Waals surface area contributed by atoms with Gasteiger partial charge in [-0.1, -0.05) is 0 Å². The third kappa shape index (κ3) is 3.99. The van der Waals surface area contributed by atoms with E-state index in [1.807, 2.05) is 6.92 Å². The zero-order chi connectivity index (χ0) is 15.6. The van der Waals surface area contributed by atoms with Crippen LogP contribution in [-0.2, 0) is 10.0 Å². The van der Waals surface area contributed by atoms with Gasteiger partial charge in [-0.2, -0.15) is 0 Å². The van der Waals surface area contributed by atoms with Gasteiger partial charge in [0.15, 0.2) is 0 Å². The number of thiophene rings is 1. The number of piperidine rings is 1. The summed E-state index contributed by atoms with van der Waals surface area (Å²) in [6.45, 7) is 2.98. The maximum Gasteiger partial charge on any atom is 0.263 e. The molecule has 126 valence electrons. The van der Waals surface area contributed by atoms with Crippen molar-refractivity contribution in [3.63, 3.8) is 0 Å². The Morgan fingerprint density at radius 3 is 2.73 bits per heavy atom. The molecule has 1 aliphatic rings. The fourth-order valence-electron chi connectivity index (χ4n) is 2.34. The van der Waals surface area contributed by atoms with Crippen LogP contribution in [0.3, 0.4) is 0 Å². The van der Waals surface area contributed by atoms with Crippen LogP contribution in [0.2, 0.25) is 0 Å². The molecule has 1 saturated heterocycles. The minimum Gasteiger partial charge on any atom is -0.347 e. The number of sulfonamides is 1. The van der Waals surface area contributed by atoms with E-state index in [4.69, 9.17) is 0 Å². The van der Waals surface area contributed by atoms with Crippen LogP contribution in [0.25, 0.3) is 0 Å². The van der Waals surface area contributed by atoms with E-state index in [9.17, 15) is 13.2 Å². The van der Waals surface area contributed by atoms with E-state index in [2.05, 4.69) is 10.6 Å². The Bertz CT molecular complexity index is 616. The fraction of sp³-hybridized carbons (Fsp3) is 0.615. The van der Waals surface area contributed by atoms with E-state index >= 15 is 0 Å². The van der Waals surface area contributed by atoms with Crippen molar-refractivity contribution >= 4 is 39.7 Å². The van der Waals surface area contributed by atoms with Crippen LogP contribution in [-0.4, -0.2) is 51.4 Å². The summed E-state index contributed by atoms with van der Waals surface area (Å²) in [5.74, 6) is -0.314. The molecular formula is C13H22ClN3O3S2. The van der Waals surface area contributed by atoms with Crippen LogP contribution in [0.5, 0.6) is 0 Å². The molecule has 0 bridgehead atoms. The van der Waals surface area contributed by atoms with Crippen molar-refractivity contribution in [2.45, 2.75) is 36.7 Å². The van der Waals surface area contributed by atoms with E-state index in [0.717, 1.165) is 35.0 Å². The fourth-order valence-corrected chi connectivity index (χ4v) is 4.54. The average Bonchev–Trinajstić information content (AvgIpc) is 2.91. The predicted octanol–water partition coefficient (Wildman–Crippen LogP) is 1.29. The van der Waals surface area contributed by atoms with Crippen LogP contribution >= 0.6 is 23.7 Å². The number of halogens is 1. The van der Waals surface area contributed by atoms with Gasteiger partial charge in [0.25, 0.3) is 5.91 Å². The summed E-state index contributed by atoms with van der Waals surface area (Å²) in [7, 11) is -0.676. The number of nitrogens with one attached hydrogen (secondary N) is 2. The van der Waals surface area contributed by atoms with Crippen LogP contribution < -0.4 is 10.6 Å². The smallest absolute Gasteiger partial charge is 0.263 e. The van der Waals surface area contributed by atoms with Gasteiger partial charge in [0.1, 0.15) is 9.77 Å². The molecule has 0 aliphatic carbocycles. The maximum absolute atomic E-state index is 12.4. The zero-order valence-corrected chi connectivity index (χ0v) is 15.3. The van der Waals surface area contributed by atoms with Gasteiger partial charge in [0.05, 0.1) is 0 Å². The second kappa shape index (κ2) is 7.74. The van der Waals surface area contributed by atoms with Crippen molar-refractivity contribution in [2.24, 2.45) is 0 Å². The standard InChI is InChI=1S/C13H21N3O3S2.ClH/c1-9-10(5-4-7-14-9)15-13(17)12-11(6-8-20-12)21(18,19)16(2)3;/h6,8-10,14H,4-5,7H2,1-3H3,(H,15,17);1H.